The summed E-state index contributed by atoms with van der Waals surface area (Å²) in [7, 11) is 0. The molecule has 0 saturated heterocycles. The van der Waals surface area contributed by atoms with E-state index < -0.39 is 5.97 Å². The van der Waals surface area contributed by atoms with E-state index in [1.165, 1.54) is 6.08 Å². The van der Waals surface area contributed by atoms with Gasteiger partial charge in [0.2, 0.25) is 0 Å². The van der Waals surface area contributed by atoms with Gasteiger partial charge in [0.1, 0.15) is 6.61 Å². The van der Waals surface area contributed by atoms with Gasteiger partial charge in [-0.05, 0) is 13.0 Å². The minimum absolute atomic E-state index is 0.149. The van der Waals surface area contributed by atoms with E-state index in [-0.39, 0.29) is 13.2 Å². The molecule has 0 unspecified atom stereocenters. The smallest absolute Gasteiger partial charge is 0.333 e. The molecule has 0 atom stereocenters. The van der Waals surface area contributed by atoms with Crippen molar-refractivity contribution in [3.8, 4) is 0 Å². The van der Waals surface area contributed by atoms with E-state index in [9.17, 15) is 4.79 Å². The van der Waals surface area contributed by atoms with Crippen molar-refractivity contribution >= 4 is 5.97 Å². The van der Waals surface area contributed by atoms with E-state index in [1.54, 1.807) is 6.92 Å². The topological polar surface area (TPSA) is 72.5 Å². The number of aliphatic hydroxyl groups excluding tert-OH is 1. The number of aliphatic hydroxyl groups is 1. The second-order valence-corrected chi connectivity index (χ2v) is 1.99. The number of carbonyl (C=O) groups excluding carboxylic acids is 1. The Balaban J connectivity index is 3.73. The lowest BCUT2D eigenvalue weighted by atomic mass is 10.3. The third-order valence-electron chi connectivity index (χ3n) is 1.07. The zero-order valence-corrected chi connectivity index (χ0v) is 6.54. The molecule has 11 heavy (non-hydrogen) atoms. The third-order valence-corrected chi connectivity index (χ3v) is 1.07. The Hall–Kier alpha value is -0.870. The fraction of sp³-hybridized carbons (Fsp3) is 0.571. The van der Waals surface area contributed by atoms with Crippen LogP contribution in [-0.4, -0.2) is 30.8 Å². The van der Waals surface area contributed by atoms with E-state index in [1.807, 2.05) is 0 Å². The van der Waals surface area contributed by atoms with Crippen molar-refractivity contribution in [3.63, 3.8) is 0 Å². The van der Waals surface area contributed by atoms with E-state index in [0.29, 0.717) is 12.1 Å². The van der Waals surface area contributed by atoms with Crippen LogP contribution in [0.25, 0.3) is 0 Å². The summed E-state index contributed by atoms with van der Waals surface area (Å²) in [6.45, 7) is 1.96. The molecule has 4 heteroatoms. The Labute approximate surface area is 65.6 Å². The van der Waals surface area contributed by atoms with Crippen LogP contribution in [0.2, 0.25) is 0 Å². The highest BCUT2D eigenvalue weighted by Crippen LogP contribution is 1.94. The maximum atomic E-state index is 10.8. The van der Waals surface area contributed by atoms with Crippen LogP contribution in [0.3, 0.4) is 0 Å². The van der Waals surface area contributed by atoms with Gasteiger partial charge in [0, 0.05) is 12.1 Å². The van der Waals surface area contributed by atoms with Crippen molar-refractivity contribution in [1.29, 1.82) is 0 Å². The summed E-state index contributed by atoms with van der Waals surface area (Å²) in [6, 6.07) is 0. The van der Waals surface area contributed by atoms with Crippen molar-refractivity contribution < 1.29 is 14.6 Å². The summed E-state index contributed by atoms with van der Waals surface area (Å²) < 4.78 is 4.66. The second-order valence-electron chi connectivity index (χ2n) is 1.99. The molecule has 4 nitrogen and oxygen atoms in total. The van der Waals surface area contributed by atoms with E-state index in [2.05, 4.69) is 4.74 Å². The minimum Gasteiger partial charge on any atom is -0.461 e. The van der Waals surface area contributed by atoms with Gasteiger partial charge in [-0.15, -0.1) is 0 Å². The van der Waals surface area contributed by atoms with E-state index >= 15 is 0 Å². The monoisotopic (exact) mass is 159 g/mol. The normalized spacial score (nSPS) is 11.4. The lowest BCUT2D eigenvalue weighted by Gasteiger charge is -2.01. The number of nitrogens with two attached hydrogens (primary N) is 1. The Morgan fingerprint density at radius 2 is 2.36 bits per heavy atom. The molecule has 0 saturated carbocycles. The maximum Gasteiger partial charge on any atom is 0.333 e. The molecule has 0 spiro atoms. The zero-order chi connectivity index (χ0) is 8.69. The average molecular weight is 159 g/mol. The highest BCUT2D eigenvalue weighted by atomic mass is 16.5. The van der Waals surface area contributed by atoms with Crippen LogP contribution in [-0.2, 0) is 9.53 Å². The van der Waals surface area contributed by atoms with Gasteiger partial charge in [0.15, 0.2) is 0 Å². The molecule has 0 radical (unpaired) electrons. The van der Waals surface area contributed by atoms with Crippen LogP contribution < -0.4 is 5.73 Å². The number of esters is 1. The van der Waals surface area contributed by atoms with Crippen molar-refractivity contribution in [2.45, 2.75) is 6.92 Å². The van der Waals surface area contributed by atoms with Gasteiger partial charge in [0.25, 0.3) is 0 Å². The van der Waals surface area contributed by atoms with Crippen LogP contribution in [0.5, 0.6) is 0 Å². The first kappa shape index (κ1) is 10.1. The molecular formula is C7H13NO3. The predicted octanol–water partition coefficient (Wildman–Crippen LogP) is -0.573. The minimum atomic E-state index is -0.426. The van der Waals surface area contributed by atoms with Crippen molar-refractivity contribution in [2.75, 3.05) is 19.8 Å². The van der Waals surface area contributed by atoms with Crippen molar-refractivity contribution in [1.82, 2.24) is 0 Å². The molecule has 0 heterocycles. The number of carbonyl (C=O) groups is 1. The van der Waals surface area contributed by atoms with Gasteiger partial charge in [0.05, 0.1) is 6.61 Å². The van der Waals surface area contributed by atoms with E-state index in [0.717, 1.165) is 0 Å². The number of ether oxygens (including phenoxy) is 1. The lowest BCUT2D eigenvalue weighted by molar-refractivity contribution is -0.138. The van der Waals surface area contributed by atoms with Gasteiger partial charge in [-0.25, -0.2) is 4.79 Å². The maximum absolute atomic E-state index is 10.8. The second kappa shape index (κ2) is 5.88. The molecule has 0 fully saturated rings. The van der Waals surface area contributed by atoms with Crippen LogP contribution >= 0.6 is 0 Å². The summed E-state index contributed by atoms with van der Waals surface area (Å²) >= 11 is 0. The largest absolute Gasteiger partial charge is 0.461 e. The molecule has 0 aliphatic heterocycles. The molecule has 0 amide bonds. The van der Waals surface area contributed by atoms with Gasteiger partial charge in [-0.1, -0.05) is 0 Å². The van der Waals surface area contributed by atoms with E-state index in [4.69, 9.17) is 10.8 Å². The van der Waals surface area contributed by atoms with Crippen LogP contribution in [0.15, 0.2) is 11.6 Å². The van der Waals surface area contributed by atoms with Crippen LogP contribution in [0.1, 0.15) is 6.92 Å². The first-order chi connectivity index (χ1) is 5.22. The Bertz CT molecular complexity index is 154. The molecule has 0 bridgehead atoms. The Morgan fingerprint density at radius 1 is 1.73 bits per heavy atom. The Kier molecular flexibility index (Phi) is 5.42. The highest BCUT2D eigenvalue weighted by molar-refractivity contribution is 5.87. The van der Waals surface area contributed by atoms with Crippen LogP contribution in [0, 0.1) is 0 Å². The van der Waals surface area contributed by atoms with Gasteiger partial charge in [-0.2, -0.15) is 0 Å². The molecule has 64 valence electrons. The first-order valence-electron chi connectivity index (χ1n) is 3.37. The first-order valence-corrected chi connectivity index (χ1v) is 3.37. The molecule has 0 rings (SSSR count). The summed E-state index contributed by atoms with van der Waals surface area (Å²) in [5, 5.41) is 8.40. The number of rotatable bonds is 4. The van der Waals surface area contributed by atoms with Gasteiger partial charge in [-0.3, -0.25) is 0 Å². The van der Waals surface area contributed by atoms with Gasteiger partial charge < -0.3 is 15.6 Å². The molecule has 0 aliphatic rings. The number of hydrogen-bond acceptors (Lipinski definition) is 4. The SMILES string of the molecule is CC(=CCO)C(=O)OCCN. The number of hydrogen-bond donors (Lipinski definition) is 2. The standard InChI is InChI=1S/C7H13NO3/c1-6(2-4-9)7(10)11-5-3-8/h2,9H,3-5,8H2,1H3. The zero-order valence-electron chi connectivity index (χ0n) is 6.54. The average Bonchev–Trinajstić information content (AvgIpc) is 2.00. The third kappa shape index (κ3) is 4.52. The molecule has 0 aromatic carbocycles. The van der Waals surface area contributed by atoms with Crippen molar-refractivity contribution in [2.24, 2.45) is 5.73 Å². The molecule has 0 aromatic heterocycles. The highest BCUT2D eigenvalue weighted by Gasteiger charge is 2.02. The molecular weight excluding hydrogens is 146 g/mol. The molecule has 0 aromatic rings. The Morgan fingerprint density at radius 3 is 2.82 bits per heavy atom. The lowest BCUT2D eigenvalue weighted by Crippen LogP contribution is -2.14. The summed E-state index contributed by atoms with van der Waals surface area (Å²) in [6.07, 6.45) is 1.39. The van der Waals surface area contributed by atoms with Crippen LogP contribution in [0.4, 0.5) is 0 Å². The predicted molar refractivity (Wildman–Crippen MR) is 40.9 cm³/mol. The fourth-order valence-corrected chi connectivity index (χ4v) is 0.486. The van der Waals surface area contributed by atoms with Gasteiger partial charge >= 0.3 is 5.97 Å². The summed E-state index contributed by atoms with van der Waals surface area (Å²) in [5.41, 5.74) is 5.51. The molecule has 3 N–H and O–H groups in total. The molecule has 0 aliphatic carbocycles. The fourth-order valence-electron chi connectivity index (χ4n) is 0.486. The summed E-state index contributed by atoms with van der Waals surface area (Å²) in [4.78, 5) is 10.8. The van der Waals surface area contributed by atoms with Crippen molar-refractivity contribution in [3.05, 3.63) is 11.6 Å². The quantitative estimate of drug-likeness (QED) is 0.425. The summed E-state index contributed by atoms with van der Waals surface area (Å²) in [5.74, 6) is -0.426.